The van der Waals surface area contributed by atoms with Gasteiger partial charge in [-0.2, -0.15) is 0 Å². The molecule has 4 aromatic rings. The molecule has 0 bridgehead atoms. The van der Waals surface area contributed by atoms with Crippen molar-refractivity contribution >= 4 is 50.6 Å². The molecule has 7 rings (SSSR count). The van der Waals surface area contributed by atoms with Crippen LogP contribution < -0.4 is 14.8 Å². The van der Waals surface area contributed by atoms with Crippen LogP contribution in [-0.4, -0.2) is 38.0 Å². The number of hydrogen-bond acceptors (Lipinski definition) is 8. The Bertz CT molecular complexity index is 1460. The summed E-state index contributed by atoms with van der Waals surface area (Å²) in [6.07, 6.45) is 5.68. The molecule has 1 aromatic carbocycles. The van der Waals surface area contributed by atoms with Crippen LogP contribution in [0.4, 0.5) is 5.69 Å². The van der Waals surface area contributed by atoms with Gasteiger partial charge in [0.2, 0.25) is 12.7 Å². The van der Waals surface area contributed by atoms with E-state index in [0.29, 0.717) is 29.0 Å². The molecule has 8 nitrogen and oxygen atoms in total. The third kappa shape index (κ3) is 3.42. The normalized spacial score (nSPS) is 19.0. The monoisotopic (exact) mass is 493 g/mol. The van der Waals surface area contributed by atoms with Gasteiger partial charge in [-0.05, 0) is 55.7 Å². The molecule has 3 aromatic heterocycles. The van der Waals surface area contributed by atoms with Crippen molar-refractivity contribution in [1.82, 2.24) is 19.6 Å². The number of aromatic nitrogens is 4. The van der Waals surface area contributed by atoms with Gasteiger partial charge in [-0.3, -0.25) is 9.20 Å². The van der Waals surface area contributed by atoms with Gasteiger partial charge in [0.15, 0.2) is 22.3 Å². The minimum atomic E-state index is -0.107. The molecular formula is C24H23N5O3S2. The fourth-order valence-electron chi connectivity index (χ4n) is 4.85. The Labute approximate surface area is 204 Å². The van der Waals surface area contributed by atoms with Crippen molar-refractivity contribution in [3.05, 3.63) is 34.5 Å². The van der Waals surface area contributed by atoms with Gasteiger partial charge in [0, 0.05) is 22.5 Å². The van der Waals surface area contributed by atoms with Crippen molar-refractivity contribution in [1.29, 1.82) is 0 Å². The van der Waals surface area contributed by atoms with Gasteiger partial charge >= 0.3 is 0 Å². The molecule has 34 heavy (non-hydrogen) atoms. The summed E-state index contributed by atoms with van der Waals surface area (Å²) < 4.78 is 12.8. The van der Waals surface area contributed by atoms with E-state index in [1.54, 1.807) is 12.1 Å². The van der Waals surface area contributed by atoms with Crippen molar-refractivity contribution in [2.45, 2.75) is 50.1 Å². The molecule has 0 unspecified atom stereocenters. The predicted molar refractivity (Wildman–Crippen MR) is 131 cm³/mol. The van der Waals surface area contributed by atoms with Crippen LogP contribution in [0.5, 0.6) is 11.5 Å². The van der Waals surface area contributed by atoms with E-state index in [-0.39, 0.29) is 18.5 Å². The lowest BCUT2D eigenvalue weighted by molar-refractivity contribution is -0.113. The Morgan fingerprint density at radius 1 is 1.24 bits per heavy atom. The Hall–Kier alpha value is -2.85. The third-order valence-electron chi connectivity index (χ3n) is 6.73. The summed E-state index contributed by atoms with van der Waals surface area (Å²) in [5.74, 6) is 3.67. The Morgan fingerprint density at radius 3 is 3.00 bits per heavy atom. The molecule has 1 N–H and O–H groups in total. The first-order valence-electron chi connectivity index (χ1n) is 11.7. The van der Waals surface area contributed by atoms with E-state index in [9.17, 15) is 4.79 Å². The van der Waals surface area contributed by atoms with Crippen molar-refractivity contribution in [3.8, 4) is 11.5 Å². The standard InChI is InChI=1S/C24H23N5O3S2/c1-12-2-6-15-18(8-12)34-23-20(15)22-27-28-24(29(22)21(26-23)13-3-4-13)33-10-19(30)25-14-5-7-16-17(9-14)32-11-31-16/h5,7,9,12-13H,2-4,6,8,10-11H2,1H3,(H,25,30)/t12-/m0/s1. The topological polar surface area (TPSA) is 90.6 Å². The van der Waals surface area contributed by atoms with E-state index < -0.39 is 0 Å². The number of nitrogens with zero attached hydrogens (tertiary/aromatic N) is 4. The molecule has 1 atom stereocenters. The molecule has 2 aliphatic carbocycles. The first-order valence-corrected chi connectivity index (χ1v) is 13.5. The molecule has 1 saturated carbocycles. The molecule has 1 amide bonds. The number of nitrogens with one attached hydrogen (secondary N) is 1. The van der Waals surface area contributed by atoms with E-state index in [0.717, 1.165) is 47.1 Å². The molecule has 1 aliphatic heterocycles. The van der Waals surface area contributed by atoms with Crippen LogP contribution in [0.25, 0.3) is 15.9 Å². The Morgan fingerprint density at radius 2 is 2.12 bits per heavy atom. The maximum absolute atomic E-state index is 12.7. The zero-order valence-corrected chi connectivity index (χ0v) is 20.3. The lowest BCUT2D eigenvalue weighted by Gasteiger charge is -2.17. The van der Waals surface area contributed by atoms with Gasteiger partial charge in [-0.25, -0.2) is 4.98 Å². The zero-order valence-electron chi connectivity index (χ0n) is 18.7. The molecule has 1 fully saturated rings. The largest absolute Gasteiger partial charge is 0.454 e. The third-order valence-corrected chi connectivity index (χ3v) is 8.80. The summed E-state index contributed by atoms with van der Waals surface area (Å²) in [5.41, 5.74) is 2.99. The highest BCUT2D eigenvalue weighted by Crippen LogP contribution is 2.44. The number of anilines is 1. The Kier molecular flexibility index (Phi) is 4.73. The SMILES string of the molecule is C[C@H]1CCc2c(sc3nc(C4CC4)n4c(SCC(=O)Nc5ccc6c(c5)OCO6)nnc4c23)C1. The molecule has 0 spiro atoms. The van der Waals surface area contributed by atoms with E-state index >= 15 is 0 Å². The van der Waals surface area contributed by atoms with Crippen LogP contribution in [0, 0.1) is 5.92 Å². The highest BCUT2D eigenvalue weighted by molar-refractivity contribution is 7.99. The number of amides is 1. The number of thioether (sulfide) groups is 1. The number of hydrogen-bond donors (Lipinski definition) is 1. The maximum Gasteiger partial charge on any atom is 0.234 e. The second-order valence-corrected chi connectivity index (χ2v) is 11.3. The van der Waals surface area contributed by atoms with Crippen LogP contribution in [0.1, 0.15) is 48.4 Å². The van der Waals surface area contributed by atoms with Crippen LogP contribution >= 0.6 is 23.1 Å². The second-order valence-electron chi connectivity index (χ2n) is 9.32. The number of thiophene rings is 1. The average molecular weight is 494 g/mol. The van der Waals surface area contributed by atoms with Crippen LogP contribution in [0.15, 0.2) is 23.4 Å². The van der Waals surface area contributed by atoms with Crippen molar-refractivity contribution in [2.75, 3.05) is 17.9 Å². The van der Waals surface area contributed by atoms with Crippen molar-refractivity contribution in [3.63, 3.8) is 0 Å². The lowest BCUT2D eigenvalue weighted by Crippen LogP contribution is -2.14. The van der Waals surface area contributed by atoms with E-state index in [4.69, 9.17) is 14.5 Å². The van der Waals surface area contributed by atoms with Crippen LogP contribution in [0.3, 0.4) is 0 Å². The van der Waals surface area contributed by atoms with Gasteiger partial charge in [0.1, 0.15) is 10.7 Å². The molecule has 174 valence electrons. The minimum absolute atomic E-state index is 0.107. The fourth-order valence-corrected chi connectivity index (χ4v) is 6.97. The molecule has 10 heteroatoms. The van der Waals surface area contributed by atoms with Crippen molar-refractivity contribution < 1.29 is 14.3 Å². The highest BCUT2D eigenvalue weighted by Gasteiger charge is 2.32. The molecule has 0 saturated heterocycles. The summed E-state index contributed by atoms with van der Waals surface area (Å²) in [5, 5.41) is 14.0. The van der Waals surface area contributed by atoms with E-state index in [2.05, 4.69) is 26.8 Å². The summed E-state index contributed by atoms with van der Waals surface area (Å²) in [7, 11) is 0. The minimum Gasteiger partial charge on any atom is -0.454 e. The number of aryl methyl sites for hydroxylation is 1. The van der Waals surface area contributed by atoms with Gasteiger partial charge in [-0.1, -0.05) is 18.7 Å². The quantitative estimate of drug-likeness (QED) is 0.399. The van der Waals surface area contributed by atoms with Crippen LogP contribution in [0.2, 0.25) is 0 Å². The summed E-state index contributed by atoms with van der Waals surface area (Å²) in [4.78, 5) is 20.4. The average Bonchev–Trinajstić information content (AvgIpc) is 3.25. The first kappa shape index (κ1) is 20.5. The van der Waals surface area contributed by atoms with E-state index in [1.807, 2.05) is 17.4 Å². The van der Waals surface area contributed by atoms with E-state index in [1.165, 1.54) is 34.0 Å². The van der Waals surface area contributed by atoms with Crippen LogP contribution in [-0.2, 0) is 17.6 Å². The van der Waals surface area contributed by atoms with Gasteiger partial charge in [0.25, 0.3) is 0 Å². The predicted octanol–water partition coefficient (Wildman–Crippen LogP) is 4.80. The Balaban J connectivity index is 1.19. The number of fused-ring (bicyclic) bond motifs is 6. The molecule has 0 radical (unpaired) electrons. The molecule has 3 aliphatic rings. The number of carbonyl (C=O) groups excluding carboxylic acids is 1. The van der Waals surface area contributed by atoms with Gasteiger partial charge < -0.3 is 14.8 Å². The number of rotatable bonds is 5. The first-order chi connectivity index (χ1) is 16.6. The van der Waals surface area contributed by atoms with Gasteiger partial charge in [-0.15, -0.1) is 21.5 Å². The zero-order chi connectivity index (χ0) is 22.8. The number of carbonyl (C=O) groups is 1. The molecule has 4 heterocycles. The fraction of sp³-hybridized carbons (Fsp3) is 0.417. The van der Waals surface area contributed by atoms with Gasteiger partial charge in [0.05, 0.1) is 11.1 Å². The van der Waals surface area contributed by atoms with Crippen molar-refractivity contribution in [2.24, 2.45) is 5.92 Å². The summed E-state index contributed by atoms with van der Waals surface area (Å²) >= 11 is 3.23. The molecular weight excluding hydrogens is 470 g/mol. The lowest BCUT2D eigenvalue weighted by atomic mass is 9.89. The number of ether oxygens (including phenoxy) is 2. The maximum atomic E-state index is 12.7. The number of benzene rings is 1. The summed E-state index contributed by atoms with van der Waals surface area (Å²) in [6, 6.07) is 5.40. The smallest absolute Gasteiger partial charge is 0.234 e. The highest BCUT2D eigenvalue weighted by atomic mass is 32.2. The second kappa shape index (κ2) is 7.84. The summed E-state index contributed by atoms with van der Waals surface area (Å²) in [6.45, 7) is 2.53.